The van der Waals surface area contributed by atoms with Gasteiger partial charge in [-0.05, 0) is 188 Å². The van der Waals surface area contributed by atoms with Crippen molar-refractivity contribution in [3.8, 4) is 89.0 Å². The van der Waals surface area contributed by atoms with Crippen LogP contribution in [0.3, 0.4) is 0 Å². The lowest BCUT2D eigenvalue weighted by atomic mass is 9.76. The number of benzene rings is 11. The Labute approximate surface area is 438 Å². The summed E-state index contributed by atoms with van der Waals surface area (Å²) in [6.07, 6.45) is 0. The quantitative estimate of drug-likeness (QED) is 0.154. The summed E-state index contributed by atoms with van der Waals surface area (Å²) in [6, 6.07) is 70.7. The predicted molar refractivity (Wildman–Crippen MR) is 322 cm³/mol. The fraction of sp³-hybridized carbons (Fsp3) is 0.216. The van der Waals surface area contributed by atoms with Crippen molar-refractivity contribution < 1.29 is 0 Å². The topological polar surface area (TPSA) is 0 Å². The van der Waals surface area contributed by atoms with Gasteiger partial charge < -0.3 is 0 Å². The van der Waals surface area contributed by atoms with Crippen molar-refractivity contribution >= 4 is 43.1 Å². The van der Waals surface area contributed by atoms with Crippen LogP contribution in [-0.2, 0) is 21.7 Å². The molecule has 0 bridgehead atoms. The van der Waals surface area contributed by atoms with E-state index in [1.807, 2.05) is 0 Å². The van der Waals surface area contributed by atoms with Crippen molar-refractivity contribution in [2.75, 3.05) is 0 Å². The van der Waals surface area contributed by atoms with Gasteiger partial charge in [0.25, 0.3) is 0 Å². The van der Waals surface area contributed by atoms with E-state index in [1.165, 1.54) is 154 Å². The Morgan fingerprint density at radius 1 is 0.216 bits per heavy atom. The highest BCUT2D eigenvalue weighted by Crippen LogP contribution is 2.65. The van der Waals surface area contributed by atoms with Gasteiger partial charge in [-0.25, -0.2) is 0 Å². The van der Waals surface area contributed by atoms with Gasteiger partial charge in [0, 0.05) is 0 Å². The minimum absolute atomic E-state index is 0.0418. The maximum Gasteiger partial charge on any atom is -0.000740 e. The number of rotatable bonds is 4. The Bertz CT molecular complexity index is 4100. The minimum atomic E-state index is -0.0548. The van der Waals surface area contributed by atoms with Gasteiger partial charge in [0.15, 0.2) is 0 Å². The standard InChI is InChI=1S/C74H66/c1-71(2,3)49-35-47(36-50(41-49)72(4,5)6)63-54-30-22-21-29-53(54)61(43-23-15-13-16-24-43)67-55-31-34-58-66-56(32-33-57(65(55)66)69(63)67)68-62(44-25-17-14-18-26-44)59-39-45-27-19-20-28-46(45)40-60(59)64(70(58)68)48-37-51(73(7,8)9)42-52(38-48)74(10,11)12/h13-42H,1-12H3. The maximum atomic E-state index is 2.52. The molecular weight excluding hydrogens is 889 g/mol. The third-order valence-electron chi connectivity index (χ3n) is 16.7. The van der Waals surface area contributed by atoms with Crippen molar-refractivity contribution in [1.82, 2.24) is 0 Å². The van der Waals surface area contributed by atoms with Crippen LogP contribution in [0.4, 0.5) is 0 Å². The molecule has 2 aliphatic carbocycles. The van der Waals surface area contributed by atoms with Gasteiger partial charge in [0.2, 0.25) is 0 Å². The number of hydrogen-bond acceptors (Lipinski definition) is 0. The average Bonchev–Trinajstić information content (AvgIpc) is 4.02. The van der Waals surface area contributed by atoms with E-state index in [-0.39, 0.29) is 21.7 Å². The second kappa shape index (κ2) is 16.0. The van der Waals surface area contributed by atoms with Crippen molar-refractivity contribution in [2.45, 2.75) is 105 Å². The molecule has 11 aromatic carbocycles. The van der Waals surface area contributed by atoms with Gasteiger partial charge in [-0.15, -0.1) is 0 Å². The van der Waals surface area contributed by atoms with Crippen LogP contribution in [0.2, 0.25) is 0 Å². The molecule has 74 heavy (non-hydrogen) atoms. The fourth-order valence-electron chi connectivity index (χ4n) is 12.7. The van der Waals surface area contributed by atoms with Crippen LogP contribution in [-0.4, -0.2) is 0 Å². The van der Waals surface area contributed by atoms with Gasteiger partial charge in [0.1, 0.15) is 0 Å². The number of hydrogen-bond donors (Lipinski definition) is 0. The first-order valence-corrected chi connectivity index (χ1v) is 26.9. The Morgan fingerprint density at radius 2 is 0.486 bits per heavy atom. The number of fused-ring (bicyclic) bond motifs is 9. The van der Waals surface area contributed by atoms with Crippen LogP contribution in [0.15, 0.2) is 182 Å². The molecule has 0 heterocycles. The highest BCUT2D eigenvalue weighted by molar-refractivity contribution is 6.35. The smallest absolute Gasteiger partial charge is 0.000740 e. The molecule has 0 atom stereocenters. The first-order valence-electron chi connectivity index (χ1n) is 26.9. The molecule has 0 aliphatic heterocycles. The van der Waals surface area contributed by atoms with Crippen LogP contribution in [0.5, 0.6) is 0 Å². The van der Waals surface area contributed by atoms with Crippen LogP contribution in [0.1, 0.15) is 105 Å². The third kappa shape index (κ3) is 7.01. The zero-order valence-electron chi connectivity index (χ0n) is 45.3. The first kappa shape index (κ1) is 46.3. The highest BCUT2D eigenvalue weighted by atomic mass is 14.4. The molecule has 0 nitrogen and oxygen atoms in total. The molecule has 0 spiro atoms. The van der Waals surface area contributed by atoms with E-state index in [2.05, 4.69) is 265 Å². The summed E-state index contributed by atoms with van der Waals surface area (Å²) in [5.74, 6) is 0. The summed E-state index contributed by atoms with van der Waals surface area (Å²) in [4.78, 5) is 0. The lowest BCUT2D eigenvalue weighted by Gasteiger charge is -2.28. The third-order valence-corrected chi connectivity index (χ3v) is 16.7. The summed E-state index contributed by atoms with van der Waals surface area (Å²) in [7, 11) is 0. The average molecular weight is 955 g/mol. The minimum Gasteiger partial charge on any atom is -0.0622 e. The van der Waals surface area contributed by atoms with Gasteiger partial charge in [0.05, 0.1) is 0 Å². The van der Waals surface area contributed by atoms with Gasteiger partial charge in [-0.2, -0.15) is 0 Å². The van der Waals surface area contributed by atoms with E-state index in [4.69, 9.17) is 0 Å². The SMILES string of the molecule is CC(C)(C)c1cc(-c2c3c(c(-c4ccccc4)c4ccccc24)-c2ccc4c5c(ccc-3c25)-c2c-4c(-c3cc(C(C)(C)C)cc(C(C)(C)C)c3)c3cc4ccccc4cc3c2-c2ccccc2)cc(C(C)(C)C)c1. The van der Waals surface area contributed by atoms with Crippen LogP contribution < -0.4 is 0 Å². The Hall–Kier alpha value is -7.54. The second-order valence-electron chi connectivity index (χ2n) is 25.7. The molecule has 2 aliphatic rings. The Morgan fingerprint density at radius 3 is 0.811 bits per heavy atom. The van der Waals surface area contributed by atoms with Gasteiger partial charge >= 0.3 is 0 Å². The molecule has 362 valence electrons. The largest absolute Gasteiger partial charge is 0.0622 e. The van der Waals surface area contributed by atoms with E-state index < -0.39 is 0 Å². The molecule has 0 heteroatoms. The predicted octanol–water partition coefficient (Wildman–Crippen LogP) is 21.5. The second-order valence-corrected chi connectivity index (χ2v) is 25.7. The first-order chi connectivity index (χ1) is 35.3. The molecule has 0 N–H and O–H groups in total. The molecule has 11 aromatic rings. The van der Waals surface area contributed by atoms with Crippen LogP contribution in [0.25, 0.3) is 132 Å². The lowest BCUT2D eigenvalue weighted by molar-refractivity contribution is 0.568. The van der Waals surface area contributed by atoms with Crippen molar-refractivity contribution in [2.24, 2.45) is 0 Å². The molecule has 0 fully saturated rings. The summed E-state index contributed by atoms with van der Waals surface area (Å²) >= 11 is 0. The maximum absolute atomic E-state index is 2.52. The van der Waals surface area contributed by atoms with E-state index in [9.17, 15) is 0 Å². The molecular formula is C74H66. The van der Waals surface area contributed by atoms with E-state index in [1.54, 1.807) is 0 Å². The zero-order chi connectivity index (χ0) is 51.4. The molecule has 0 radical (unpaired) electrons. The van der Waals surface area contributed by atoms with E-state index in [0.717, 1.165) is 0 Å². The van der Waals surface area contributed by atoms with Crippen LogP contribution >= 0.6 is 0 Å². The summed E-state index contributed by atoms with van der Waals surface area (Å²) < 4.78 is 0. The molecule has 13 rings (SSSR count). The fourth-order valence-corrected chi connectivity index (χ4v) is 12.7. The van der Waals surface area contributed by atoms with Gasteiger partial charge in [-0.3, -0.25) is 0 Å². The Balaban J connectivity index is 1.22. The summed E-state index contributed by atoms with van der Waals surface area (Å²) in [6.45, 7) is 28.4. The van der Waals surface area contributed by atoms with E-state index in [0.29, 0.717) is 0 Å². The molecule has 0 aromatic heterocycles. The van der Waals surface area contributed by atoms with Crippen molar-refractivity contribution in [3.05, 3.63) is 204 Å². The monoisotopic (exact) mass is 955 g/mol. The molecule has 0 saturated carbocycles. The lowest BCUT2D eigenvalue weighted by Crippen LogP contribution is -2.16. The zero-order valence-corrected chi connectivity index (χ0v) is 45.3. The van der Waals surface area contributed by atoms with E-state index >= 15 is 0 Å². The van der Waals surface area contributed by atoms with Gasteiger partial charge in [-0.1, -0.05) is 253 Å². The normalized spacial score (nSPS) is 13.1. The molecule has 0 unspecified atom stereocenters. The van der Waals surface area contributed by atoms with Crippen molar-refractivity contribution in [1.29, 1.82) is 0 Å². The highest BCUT2D eigenvalue weighted by Gasteiger charge is 2.38. The van der Waals surface area contributed by atoms with Crippen molar-refractivity contribution in [3.63, 3.8) is 0 Å². The summed E-state index contributed by atoms with van der Waals surface area (Å²) in [5, 5.41) is 10.4. The summed E-state index contributed by atoms with van der Waals surface area (Å²) in [5.41, 5.74) is 26.2. The van der Waals surface area contributed by atoms with Crippen LogP contribution in [0, 0.1) is 0 Å². The Kier molecular flexibility index (Phi) is 9.99. The molecule has 0 amide bonds. The molecule has 0 saturated heterocycles.